The maximum Gasteiger partial charge on any atom is 0.328 e. The minimum atomic E-state index is -1.40. The molecule has 4 aromatic heterocycles. The minimum Gasteiger partial charge on any atom is -0.469 e. The number of hydrogen-bond donors (Lipinski definition) is 14. The van der Waals surface area contributed by atoms with Crippen LogP contribution in [0.5, 0.6) is 0 Å². The maximum atomic E-state index is 13.8. The smallest absolute Gasteiger partial charge is 0.328 e. The van der Waals surface area contributed by atoms with Crippen molar-refractivity contribution in [2.75, 3.05) is 62.5 Å². The fourth-order valence-electron chi connectivity index (χ4n) is 14.4. The average molecular weight is 1750 g/mol. The number of amides is 4. The van der Waals surface area contributed by atoms with Gasteiger partial charge in [-0.2, -0.15) is 0 Å². The largest absolute Gasteiger partial charge is 0.469 e. The van der Waals surface area contributed by atoms with Crippen molar-refractivity contribution in [3.05, 3.63) is 180 Å². The number of benzene rings is 5. The fraction of sp³-hybridized carbons (Fsp3) is 0.467. The number of hydrogen-bond acceptors (Lipinski definition) is 26. The third-order valence-electron chi connectivity index (χ3n) is 20.8. The van der Waals surface area contributed by atoms with E-state index in [2.05, 4.69) is 56.7 Å². The van der Waals surface area contributed by atoms with Crippen LogP contribution in [0.15, 0.2) is 168 Å². The molecule has 34 nitrogen and oxygen atoms in total. The average Bonchev–Trinajstić information content (AvgIpc) is 1.66. The van der Waals surface area contributed by atoms with E-state index in [1.165, 1.54) is 63.4 Å². The zero-order chi connectivity index (χ0) is 92.7. The first-order valence-electron chi connectivity index (χ1n) is 41.3. The summed E-state index contributed by atoms with van der Waals surface area (Å²) in [6, 6.07) is 35.3. The lowest BCUT2D eigenvalue weighted by atomic mass is 9.83. The third kappa shape index (κ3) is 29.2. The molecule has 14 atom stereocenters. The molecule has 0 unspecified atom stereocenters. The molecular weight excluding hydrogens is 1630 g/mol. The van der Waals surface area contributed by atoms with E-state index in [1.54, 1.807) is 18.6 Å². The van der Waals surface area contributed by atoms with E-state index >= 15 is 0 Å². The highest BCUT2D eigenvalue weighted by Crippen LogP contribution is 2.30. The number of oxime groups is 3. The first kappa shape index (κ1) is 101. The number of carbonyl (C=O) groups excluding carboxylic acids is 8. The SMILES string of the molecule is COC(=O)[C@@H](CC(=O)CO/N=C(\[C@@H](O)[C@@H](C)O)[C@@H](OC)C(C)(C)C)Cc1c[nH]c2ccccc12.COC(=O)[C@H](Cc1c[nH]c2ccccc12)NC(=O)[C@H](Cc1c[nH]c2ccccc12)NC(=O)CO/N=C(/[C@@H](OC)C(C)C)[C@@H](O)[C@@H](C)O.COC(=O)[C@H](Cc1c[nH]c2ccccc12)NC(=O)[C@H](Cc1ccccc1)NC(=O)CO/N=C(\[C@@H](O)[C@@H](C)O)[C@@H](OC)C(C)(C)C. The van der Waals surface area contributed by atoms with Crippen molar-refractivity contribution in [3.63, 3.8) is 0 Å². The number of rotatable bonds is 43. The summed E-state index contributed by atoms with van der Waals surface area (Å²) in [5.74, 6) is -5.47. The summed E-state index contributed by atoms with van der Waals surface area (Å²) >= 11 is 0. The van der Waals surface area contributed by atoms with Crippen LogP contribution in [0, 0.1) is 22.7 Å². The van der Waals surface area contributed by atoms with Crippen LogP contribution in [-0.4, -0.2) is 257 Å². The number of H-pyrrole nitrogens is 4. The molecule has 34 heteroatoms. The van der Waals surface area contributed by atoms with Crippen molar-refractivity contribution in [1.82, 2.24) is 41.2 Å². The van der Waals surface area contributed by atoms with Crippen molar-refractivity contribution in [2.45, 2.75) is 194 Å². The second-order valence-electron chi connectivity index (χ2n) is 33.1. The van der Waals surface area contributed by atoms with Gasteiger partial charge in [0.2, 0.25) is 11.8 Å². The second kappa shape index (κ2) is 48.7. The van der Waals surface area contributed by atoms with Crippen LogP contribution in [0.2, 0.25) is 0 Å². The number of methoxy groups -OCH3 is 6. The quantitative estimate of drug-likeness (QED) is 0.00773. The second-order valence-corrected chi connectivity index (χ2v) is 33.1. The number of carbonyl (C=O) groups is 8. The highest BCUT2D eigenvalue weighted by atomic mass is 16.6. The predicted molar refractivity (Wildman–Crippen MR) is 474 cm³/mol. The number of para-hydroxylation sites is 4. The lowest BCUT2D eigenvalue weighted by Gasteiger charge is -2.32. The number of aromatic amines is 4. The topological polar surface area (TPSA) is 489 Å². The van der Waals surface area contributed by atoms with Crippen LogP contribution in [0.3, 0.4) is 0 Å². The van der Waals surface area contributed by atoms with Gasteiger partial charge in [-0.05, 0) is 96.0 Å². The van der Waals surface area contributed by atoms with Crippen LogP contribution in [0.25, 0.3) is 43.6 Å². The number of ether oxygens (including phenoxy) is 6. The highest BCUT2D eigenvalue weighted by molar-refractivity contribution is 5.97. The van der Waals surface area contributed by atoms with Gasteiger partial charge in [-0.15, -0.1) is 0 Å². The number of aliphatic hydroxyl groups is 6. The zero-order valence-electron chi connectivity index (χ0n) is 74.4. The summed E-state index contributed by atoms with van der Waals surface area (Å²) in [6.07, 6.45) is -1.72. The molecule has 0 fully saturated rings. The molecule has 0 spiro atoms. The van der Waals surface area contributed by atoms with Gasteiger partial charge in [0, 0.05) is 122 Å². The van der Waals surface area contributed by atoms with Crippen LogP contribution in [0.1, 0.15) is 110 Å². The molecule has 4 amide bonds. The fourth-order valence-corrected chi connectivity index (χ4v) is 14.4. The van der Waals surface area contributed by atoms with Crippen molar-refractivity contribution >= 4 is 108 Å². The first-order valence-corrected chi connectivity index (χ1v) is 41.3. The zero-order valence-corrected chi connectivity index (χ0v) is 74.4. The Morgan fingerprint density at radius 3 is 1.02 bits per heavy atom. The Morgan fingerprint density at radius 1 is 0.373 bits per heavy atom. The van der Waals surface area contributed by atoms with Gasteiger partial charge in [0.15, 0.2) is 25.6 Å². The number of aliphatic hydroxyl groups excluding tert-OH is 6. The monoisotopic (exact) mass is 1750 g/mol. The minimum absolute atomic E-state index is 0.0181. The maximum absolute atomic E-state index is 13.8. The Bertz CT molecular complexity index is 5110. The molecule has 0 saturated carbocycles. The van der Waals surface area contributed by atoms with Gasteiger partial charge in [0.05, 0.1) is 45.6 Å². The molecule has 0 bridgehead atoms. The summed E-state index contributed by atoms with van der Waals surface area (Å²) in [4.78, 5) is 133. The van der Waals surface area contributed by atoms with E-state index in [-0.39, 0.29) is 60.9 Å². The number of fused-ring (bicyclic) bond motifs is 4. The van der Waals surface area contributed by atoms with E-state index in [9.17, 15) is 69.0 Å². The molecule has 14 N–H and O–H groups in total. The Hall–Kier alpha value is -11.7. The molecule has 9 rings (SSSR count). The Kier molecular flexibility index (Phi) is 39.2. The van der Waals surface area contributed by atoms with Gasteiger partial charge in [-0.3, -0.25) is 28.8 Å². The Morgan fingerprint density at radius 2 is 0.690 bits per heavy atom. The van der Waals surface area contributed by atoms with E-state index in [0.29, 0.717) is 6.42 Å². The molecule has 126 heavy (non-hydrogen) atoms. The Labute approximate surface area is 732 Å². The van der Waals surface area contributed by atoms with Crippen molar-refractivity contribution in [2.24, 2.45) is 38.1 Å². The molecule has 9 aromatic rings. The standard InChI is InChI=1S/C34H43N5O8.C33H44N4O8.C25H36N2O7/c1-19(2)32(45-4)30(31(42)20(3)40)39-47-18-29(41)37-27(14-21-16-35-25-12-8-6-10-23(21)25)33(43)38-28(34(44)46-5)15-22-17-36-26-13-9-7-11-24(22)26;1-20(38)29(40)28(30(43-5)33(2,3)4)37-45-19-27(39)35-25(16-21-12-8-7-9-13-21)31(41)36-26(32(42)44-6)17-22-18-34-24-15-11-10-14-23(22)24;1-15(28)22(30)21(23(32-5)25(2,3)4)27-34-14-18(29)12-16(24(31)33-6)11-17-13-26-20-10-8-7-9-19(17)20/h6-13,16-17,19-20,27-28,31-32,35-36,40,42H,14-15,18H2,1-5H3,(H,37,41)(H,38,43);7-15,18,20,25-26,29-30,34,38,40H,16-17,19H2,1-6H3,(H,35,39)(H,36,41);7-10,13,15-16,22-23,26,28,30H,11-12,14H2,1-6H3/b39-30+;37-28+;27-21+/t20-,27+,28+,31+,32+;20-,25+,26+,29+,30-;15-,16-,22+,23-/m111/s1. The Balaban J connectivity index is 0.000000263. The van der Waals surface area contributed by atoms with Crippen LogP contribution < -0.4 is 21.3 Å². The number of ketones is 1. The van der Waals surface area contributed by atoms with E-state index < -0.39 is 157 Å². The molecule has 0 aliphatic carbocycles. The summed E-state index contributed by atoms with van der Waals surface area (Å²) in [5, 5.41) is 87.7. The number of nitrogens with one attached hydrogen (secondary N) is 8. The van der Waals surface area contributed by atoms with E-state index in [0.717, 1.165) is 71.4 Å². The van der Waals surface area contributed by atoms with Crippen LogP contribution in [-0.2, 0) is 113 Å². The lowest BCUT2D eigenvalue weighted by Crippen LogP contribution is -2.53. The molecule has 4 heterocycles. The van der Waals surface area contributed by atoms with E-state index in [4.69, 9.17) is 42.9 Å². The molecule has 5 aromatic carbocycles. The molecule has 0 radical (unpaired) electrons. The molecule has 0 aliphatic rings. The van der Waals surface area contributed by atoms with Crippen molar-refractivity contribution in [3.8, 4) is 0 Å². The van der Waals surface area contributed by atoms with Crippen molar-refractivity contribution < 1.29 is 112 Å². The van der Waals surface area contributed by atoms with Crippen LogP contribution in [0.4, 0.5) is 0 Å². The van der Waals surface area contributed by atoms with Gasteiger partial charge in [-0.1, -0.05) is 174 Å². The van der Waals surface area contributed by atoms with Crippen molar-refractivity contribution in [1.29, 1.82) is 0 Å². The van der Waals surface area contributed by atoms with Gasteiger partial charge in [0.1, 0.15) is 77.9 Å². The molecule has 0 aliphatic heterocycles. The molecule has 0 saturated heterocycles. The summed E-state index contributed by atoms with van der Waals surface area (Å²) in [6.45, 7) is 17.6. The van der Waals surface area contributed by atoms with E-state index in [1.807, 2.05) is 189 Å². The number of Topliss-reactive ketones (excluding diaryl/α,β-unsaturated/α-hetero) is 1. The van der Waals surface area contributed by atoms with Gasteiger partial charge in [0.25, 0.3) is 11.8 Å². The molecular formula is C92H123N11O23. The van der Waals surface area contributed by atoms with Crippen LogP contribution >= 0.6 is 0 Å². The van der Waals surface area contributed by atoms with Gasteiger partial charge < -0.3 is 115 Å². The van der Waals surface area contributed by atoms with Gasteiger partial charge >= 0.3 is 17.9 Å². The first-order chi connectivity index (χ1) is 59.9. The number of nitrogens with zero attached hydrogens (tertiary/aromatic N) is 3. The highest BCUT2D eigenvalue weighted by Gasteiger charge is 2.39. The summed E-state index contributed by atoms with van der Waals surface area (Å²) in [5.41, 5.74) is 6.83. The van der Waals surface area contributed by atoms with Gasteiger partial charge in [-0.25, -0.2) is 9.59 Å². The summed E-state index contributed by atoms with van der Waals surface area (Å²) in [7, 11) is 8.13. The third-order valence-corrected chi connectivity index (χ3v) is 20.8. The number of esters is 3. The lowest BCUT2D eigenvalue weighted by molar-refractivity contribution is -0.147. The normalized spacial score (nSPS) is 15.5. The summed E-state index contributed by atoms with van der Waals surface area (Å²) < 4.78 is 31.3. The molecule has 684 valence electrons. The number of aromatic nitrogens is 4. The predicted octanol–water partition coefficient (Wildman–Crippen LogP) is 7.27.